The molecule has 0 N–H and O–H groups in total. The minimum atomic E-state index is -0.0207. The molecule has 1 amide bonds. The topological polar surface area (TPSA) is 58.1 Å². The van der Waals surface area contributed by atoms with Gasteiger partial charge in [-0.2, -0.15) is 4.98 Å². The zero-order chi connectivity index (χ0) is 18.7. The van der Waals surface area contributed by atoms with E-state index in [1.54, 1.807) is 19.2 Å². The van der Waals surface area contributed by atoms with Crippen molar-refractivity contribution in [3.63, 3.8) is 0 Å². The lowest BCUT2D eigenvalue weighted by molar-refractivity contribution is -0.000168. The minimum Gasteiger partial charge on any atom is -0.481 e. The standard InChI is InChI=1S/C19H30N4O3/c1-5-23(14-8-10-21(2)11-9-14)15-12-22(13-15)19(24)16-6-7-17(25-3)20-18(16)26-4/h6-7,14-15H,5,8-13H2,1-4H3. The third-order valence-electron chi connectivity index (χ3n) is 5.61. The number of nitrogens with zero attached hydrogens (tertiary/aromatic N) is 4. The summed E-state index contributed by atoms with van der Waals surface area (Å²) in [6.45, 7) is 7.12. The lowest BCUT2D eigenvalue weighted by Gasteiger charge is -2.49. The number of methoxy groups -OCH3 is 2. The van der Waals surface area contributed by atoms with Crippen molar-refractivity contribution in [2.24, 2.45) is 0 Å². The number of carbonyl (C=O) groups is 1. The number of piperidine rings is 1. The first-order valence-corrected chi connectivity index (χ1v) is 9.40. The lowest BCUT2D eigenvalue weighted by Crippen LogP contribution is -2.63. The van der Waals surface area contributed by atoms with Crippen LogP contribution in [0.4, 0.5) is 0 Å². The molecular weight excluding hydrogens is 332 g/mol. The van der Waals surface area contributed by atoms with Crippen LogP contribution in [0.2, 0.25) is 0 Å². The first-order chi connectivity index (χ1) is 12.6. The van der Waals surface area contributed by atoms with Crippen LogP contribution in [-0.4, -0.2) is 91.7 Å². The average Bonchev–Trinajstić information content (AvgIpc) is 2.64. The Balaban J connectivity index is 1.61. The SMILES string of the molecule is CCN(C1CCN(C)CC1)C1CN(C(=O)c2ccc(OC)nc2OC)C1. The van der Waals surface area contributed by atoms with Crippen LogP contribution in [0.5, 0.6) is 11.8 Å². The molecule has 0 saturated carbocycles. The highest BCUT2D eigenvalue weighted by Gasteiger charge is 2.38. The molecular formula is C19H30N4O3. The van der Waals surface area contributed by atoms with Crippen molar-refractivity contribution >= 4 is 5.91 Å². The first kappa shape index (κ1) is 18.9. The van der Waals surface area contributed by atoms with Gasteiger partial charge in [-0.05, 0) is 45.6 Å². The van der Waals surface area contributed by atoms with Crippen LogP contribution in [0.1, 0.15) is 30.1 Å². The van der Waals surface area contributed by atoms with Crippen LogP contribution in [0.15, 0.2) is 12.1 Å². The molecule has 0 radical (unpaired) electrons. The Morgan fingerprint density at radius 3 is 2.46 bits per heavy atom. The van der Waals surface area contributed by atoms with Crippen molar-refractivity contribution in [3.8, 4) is 11.8 Å². The number of carbonyl (C=O) groups excluding carboxylic acids is 1. The maximum Gasteiger partial charge on any atom is 0.259 e. The summed E-state index contributed by atoms with van der Waals surface area (Å²) in [4.78, 5) is 23.9. The Hall–Kier alpha value is -1.86. The number of amides is 1. The number of hydrogen-bond donors (Lipinski definition) is 0. The molecule has 3 rings (SSSR count). The van der Waals surface area contributed by atoms with Gasteiger partial charge in [0.25, 0.3) is 5.91 Å². The molecule has 0 bridgehead atoms. The first-order valence-electron chi connectivity index (χ1n) is 9.40. The molecule has 7 heteroatoms. The largest absolute Gasteiger partial charge is 0.481 e. The fraction of sp³-hybridized carbons (Fsp3) is 0.684. The Labute approximate surface area is 155 Å². The fourth-order valence-corrected chi connectivity index (χ4v) is 4.00. The van der Waals surface area contributed by atoms with Gasteiger partial charge >= 0.3 is 0 Å². The highest BCUT2D eigenvalue weighted by Crippen LogP contribution is 2.27. The number of ether oxygens (including phenoxy) is 2. The highest BCUT2D eigenvalue weighted by atomic mass is 16.5. The smallest absolute Gasteiger partial charge is 0.259 e. The van der Waals surface area contributed by atoms with E-state index in [2.05, 4.69) is 28.8 Å². The third-order valence-corrected chi connectivity index (χ3v) is 5.61. The quantitative estimate of drug-likeness (QED) is 0.761. The third kappa shape index (κ3) is 3.78. The maximum atomic E-state index is 12.8. The highest BCUT2D eigenvalue weighted by molar-refractivity contribution is 5.97. The van der Waals surface area contributed by atoms with Crippen molar-refractivity contribution in [1.29, 1.82) is 0 Å². The van der Waals surface area contributed by atoms with Crippen molar-refractivity contribution in [1.82, 2.24) is 19.7 Å². The molecule has 0 aromatic carbocycles. The predicted molar refractivity (Wildman–Crippen MR) is 99.9 cm³/mol. The molecule has 2 aliphatic heterocycles. The van der Waals surface area contributed by atoms with Crippen LogP contribution in [0.25, 0.3) is 0 Å². The van der Waals surface area contributed by atoms with Crippen molar-refractivity contribution in [2.45, 2.75) is 31.8 Å². The molecule has 0 aliphatic carbocycles. The number of aromatic nitrogens is 1. The molecule has 2 aliphatic rings. The molecule has 144 valence electrons. The van der Waals surface area contributed by atoms with Gasteiger partial charge in [-0.15, -0.1) is 0 Å². The molecule has 26 heavy (non-hydrogen) atoms. The molecule has 1 aromatic rings. The number of hydrogen-bond acceptors (Lipinski definition) is 6. The van der Waals surface area contributed by atoms with E-state index in [-0.39, 0.29) is 5.91 Å². The van der Waals surface area contributed by atoms with Crippen LogP contribution < -0.4 is 9.47 Å². The number of pyridine rings is 1. The van der Waals surface area contributed by atoms with Crippen LogP contribution in [0, 0.1) is 0 Å². The van der Waals surface area contributed by atoms with Gasteiger partial charge in [0, 0.05) is 31.2 Å². The zero-order valence-electron chi connectivity index (χ0n) is 16.3. The molecule has 1 aromatic heterocycles. The van der Waals surface area contributed by atoms with E-state index in [1.165, 1.54) is 20.0 Å². The van der Waals surface area contributed by atoms with E-state index < -0.39 is 0 Å². The monoisotopic (exact) mass is 362 g/mol. The zero-order valence-corrected chi connectivity index (χ0v) is 16.3. The Bertz CT molecular complexity index is 625. The van der Waals surface area contributed by atoms with Gasteiger partial charge in [0.2, 0.25) is 11.8 Å². The van der Waals surface area contributed by atoms with Crippen molar-refractivity contribution < 1.29 is 14.3 Å². The summed E-state index contributed by atoms with van der Waals surface area (Å²) in [5.74, 6) is 0.743. The van der Waals surface area contributed by atoms with E-state index in [1.807, 2.05) is 4.90 Å². The molecule has 0 atom stereocenters. The van der Waals surface area contributed by atoms with Crippen molar-refractivity contribution in [3.05, 3.63) is 17.7 Å². The minimum absolute atomic E-state index is 0.0207. The Morgan fingerprint density at radius 2 is 1.88 bits per heavy atom. The summed E-state index contributed by atoms with van der Waals surface area (Å²) in [7, 11) is 5.26. The summed E-state index contributed by atoms with van der Waals surface area (Å²) in [5.41, 5.74) is 0.495. The molecule has 0 unspecified atom stereocenters. The van der Waals surface area contributed by atoms with E-state index >= 15 is 0 Å². The number of rotatable bonds is 6. The second-order valence-corrected chi connectivity index (χ2v) is 7.14. The summed E-state index contributed by atoms with van der Waals surface area (Å²) in [6, 6.07) is 4.52. The van der Waals surface area contributed by atoms with E-state index in [9.17, 15) is 4.79 Å². The van der Waals surface area contributed by atoms with Gasteiger partial charge in [0.1, 0.15) is 5.56 Å². The van der Waals surface area contributed by atoms with Crippen LogP contribution in [-0.2, 0) is 0 Å². The van der Waals surface area contributed by atoms with Gasteiger partial charge in [-0.3, -0.25) is 9.69 Å². The fourth-order valence-electron chi connectivity index (χ4n) is 4.00. The predicted octanol–water partition coefficient (Wildman–Crippen LogP) is 1.34. The van der Waals surface area contributed by atoms with Gasteiger partial charge in [-0.25, -0.2) is 0 Å². The molecule has 7 nitrogen and oxygen atoms in total. The van der Waals surface area contributed by atoms with Crippen LogP contribution >= 0.6 is 0 Å². The van der Waals surface area contributed by atoms with Gasteiger partial charge in [0.15, 0.2) is 0 Å². The summed E-state index contributed by atoms with van der Waals surface area (Å²) in [6.07, 6.45) is 2.43. The normalized spacial score (nSPS) is 19.5. The molecule has 2 saturated heterocycles. The van der Waals surface area contributed by atoms with Crippen LogP contribution in [0.3, 0.4) is 0 Å². The molecule has 3 heterocycles. The molecule has 0 spiro atoms. The summed E-state index contributed by atoms with van der Waals surface area (Å²) >= 11 is 0. The Kier molecular flexibility index (Phi) is 5.98. The second-order valence-electron chi connectivity index (χ2n) is 7.14. The maximum absolute atomic E-state index is 12.8. The van der Waals surface area contributed by atoms with Gasteiger partial charge in [0.05, 0.1) is 14.2 Å². The average molecular weight is 362 g/mol. The van der Waals surface area contributed by atoms with Gasteiger partial charge < -0.3 is 19.3 Å². The number of likely N-dealkylation sites (N-methyl/N-ethyl adjacent to an activating group) is 1. The second kappa shape index (κ2) is 8.22. The Morgan fingerprint density at radius 1 is 1.19 bits per heavy atom. The number of likely N-dealkylation sites (tertiary alicyclic amines) is 2. The molecule has 2 fully saturated rings. The van der Waals surface area contributed by atoms with E-state index in [0.717, 1.165) is 32.7 Å². The van der Waals surface area contributed by atoms with E-state index in [4.69, 9.17) is 9.47 Å². The van der Waals surface area contributed by atoms with Gasteiger partial charge in [-0.1, -0.05) is 6.92 Å². The lowest BCUT2D eigenvalue weighted by atomic mass is 9.97. The van der Waals surface area contributed by atoms with Crippen molar-refractivity contribution in [2.75, 3.05) is 54.0 Å². The summed E-state index contributed by atoms with van der Waals surface area (Å²) < 4.78 is 10.4. The van der Waals surface area contributed by atoms with E-state index in [0.29, 0.717) is 29.4 Å². The summed E-state index contributed by atoms with van der Waals surface area (Å²) in [5, 5.41) is 0.